The maximum absolute atomic E-state index is 13.2. The minimum Gasteiger partial charge on any atom is -0.338 e. The van der Waals surface area contributed by atoms with Gasteiger partial charge in [-0.15, -0.1) is 0 Å². The van der Waals surface area contributed by atoms with Crippen LogP contribution < -0.4 is 5.73 Å². The fourth-order valence-corrected chi connectivity index (χ4v) is 4.68. The van der Waals surface area contributed by atoms with Crippen molar-refractivity contribution in [2.24, 2.45) is 11.7 Å². The third-order valence-electron chi connectivity index (χ3n) is 5.47. The van der Waals surface area contributed by atoms with Gasteiger partial charge in [0.25, 0.3) is 5.91 Å². The van der Waals surface area contributed by atoms with E-state index in [9.17, 15) is 4.79 Å². The van der Waals surface area contributed by atoms with Gasteiger partial charge in [-0.25, -0.2) is 4.98 Å². The number of rotatable bonds is 5. The number of thioether (sulfide) groups is 1. The van der Waals surface area contributed by atoms with E-state index in [2.05, 4.69) is 9.97 Å². The zero-order valence-corrected chi connectivity index (χ0v) is 16.9. The van der Waals surface area contributed by atoms with E-state index in [0.29, 0.717) is 11.7 Å². The first-order valence-electron chi connectivity index (χ1n) is 9.82. The van der Waals surface area contributed by atoms with Crippen LogP contribution in [-0.4, -0.2) is 39.9 Å². The first kappa shape index (κ1) is 19.0. The van der Waals surface area contributed by atoms with E-state index in [0.717, 1.165) is 53.2 Å². The number of nitrogens with zero attached hydrogens (tertiary/aromatic N) is 2. The van der Waals surface area contributed by atoms with Crippen LogP contribution in [0.15, 0.2) is 53.7 Å². The Morgan fingerprint density at radius 3 is 2.89 bits per heavy atom. The molecule has 146 valence electrons. The number of benzene rings is 2. The van der Waals surface area contributed by atoms with Gasteiger partial charge in [0.15, 0.2) is 5.16 Å². The predicted molar refractivity (Wildman–Crippen MR) is 114 cm³/mol. The summed E-state index contributed by atoms with van der Waals surface area (Å²) >= 11 is 1.63. The number of likely N-dealkylation sites (tertiary alicyclic amines) is 1. The van der Waals surface area contributed by atoms with Crippen LogP contribution in [0.1, 0.15) is 35.7 Å². The van der Waals surface area contributed by atoms with Crippen LogP contribution in [0.5, 0.6) is 0 Å². The number of piperidine rings is 1. The topological polar surface area (TPSA) is 75.0 Å². The fraction of sp³-hybridized carbons (Fsp3) is 0.364. The molecule has 0 bridgehead atoms. The van der Waals surface area contributed by atoms with Gasteiger partial charge >= 0.3 is 0 Å². The van der Waals surface area contributed by atoms with Crippen LogP contribution in [0.2, 0.25) is 0 Å². The summed E-state index contributed by atoms with van der Waals surface area (Å²) in [5.41, 5.74) is 9.92. The Kier molecular flexibility index (Phi) is 5.69. The second-order valence-electron chi connectivity index (χ2n) is 7.52. The van der Waals surface area contributed by atoms with Crippen LogP contribution in [0, 0.1) is 5.92 Å². The largest absolute Gasteiger partial charge is 0.338 e. The number of aromatic amines is 1. The first-order valence-corrected chi connectivity index (χ1v) is 10.8. The number of amides is 1. The highest BCUT2D eigenvalue weighted by molar-refractivity contribution is 7.98. The fourth-order valence-electron chi connectivity index (χ4n) is 3.79. The van der Waals surface area contributed by atoms with Crippen molar-refractivity contribution in [1.29, 1.82) is 0 Å². The molecule has 1 saturated heterocycles. The molecule has 2 aromatic carbocycles. The average molecular weight is 395 g/mol. The predicted octanol–water partition coefficient (Wildman–Crippen LogP) is 4.05. The Bertz CT molecular complexity index is 935. The van der Waals surface area contributed by atoms with E-state index in [1.165, 1.54) is 0 Å². The van der Waals surface area contributed by atoms with Crippen molar-refractivity contribution >= 4 is 28.7 Å². The molecule has 0 saturated carbocycles. The van der Waals surface area contributed by atoms with Crippen molar-refractivity contribution in [1.82, 2.24) is 14.9 Å². The normalized spacial score (nSPS) is 18.4. The highest BCUT2D eigenvalue weighted by atomic mass is 32.2. The number of H-pyrrole nitrogens is 1. The molecule has 1 aromatic heterocycles. The number of hydrogen-bond donors (Lipinski definition) is 2. The van der Waals surface area contributed by atoms with Gasteiger partial charge in [0.05, 0.1) is 11.0 Å². The molecule has 5 nitrogen and oxygen atoms in total. The number of hydrogen-bond acceptors (Lipinski definition) is 4. The lowest BCUT2D eigenvalue weighted by Crippen LogP contribution is -2.45. The number of carbonyl (C=O) groups excluding carboxylic acids is 1. The summed E-state index contributed by atoms with van der Waals surface area (Å²) in [5.74, 6) is 1.20. The lowest BCUT2D eigenvalue weighted by atomic mass is 9.91. The molecule has 28 heavy (non-hydrogen) atoms. The monoisotopic (exact) mass is 394 g/mol. The summed E-state index contributed by atoms with van der Waals surface area (Å²) in [7, 11) is 0. The van der Waals surface area contributed by atoms with Crippen molar-refractivity contribution < 1.29 is 4.79 Å². The number of para-hydroxylation sites is 2. The van der Waals surface area contributed by atoms with E-state index in [1.54, 1.807) is 11.8 Å². The van der Waals surface area contributed by atoms with Gasteiger partial charge in [0.1, 0.15) is 0 Å². The molecule has 1 fully saturated rings. The molecule has 6 heteroatoms. The molecule has 0 aliphatic carbocycles. The van der Waals surface area contributed by atoms with Crippen molar-refractivity contribution in [2.45, 2.75) is 36.7 Å². The van der Waals surface area contributed by atoms with E-state index in [1.807, 2.05) is 60.4 Å². The van der Waals surface area contributed by atoms with Crippen LogP contribution in [0.3, 0.4) is 0 Å². The molecule has 4 rings (SSSR count). The molecule has 0 radical (unpaired) electrons. The van der Waals surface area contributed by atoms with Gasteiger partial charge in [-0.1, -0.05) is 42.1 Å². The van der Waals surface area contributed by atoms with Crippen LogP contribution in [-0.2, 0) is 5.75 Å². The molecule has 2 atom stereocenters. The summed E-state index contributed by atoms with van der Waals surface area (Å²) in [5, 5.41) is 0.874. The SMILES string of the molecule is CC(N)C1CCCN(C(=O)c2ccccc2CSc2nc3ccccc3[nH]2)C1. The molecule has 1 amide bonds. The van der Waals surface area contributed by atoms with Crippen molar-refractivity contribution in [2.75, 3.05) is 13.1 Å². The third-order valence-corrected chi connectivity index (χ3v) is 6.39. The zero-order chi connectivity index (χ0) is 19.5. The van der Waals surface area contributed by atoms with Gasteiger partial charge in [-0.3, -0.25) is 4.79 Å². The maximum atomic E-state index is 13.2. The van der Waals surface area contributed by atoms with Crippen molar-refractivity contribution in [3.8, 4) is 0 Å². The van der Waals surface area contributed by atoms with Crippen molar-refractivity contribution in [3.63, 3.8) is 0 Å². The van der Waals surface area contributed by atoms with Crippen LogP contribution in [0.4, 0.5) is 0 Å². The summed E-state index contributed by atoms with van der Waals surface area (Å²) in [6.45, 7) is 3.60. The Morgan fingerprint density at radius 2 is 2.07 bits per heavy atom. The Balaban J connectivity index is 1.49. The third kappa shape index (κ3) is 4.08. The minimum atomic E-state index is 0.117. The summed E-state index contributed by atoms with van der Waals surface area (Å²) in [6, 6.07) is 16.0. The van der Waals surface area contributed by atoms with Crippen LogP contribution in [0.25, 0.3) is 11.0 Å². The van der Waals surface area contributed by atoms with Gasteiger partial charge in [-0.05, 0) is 49.4 Å². The van der Waals surface area contributed by atoms with E-state index >= 15 is 0 Å². The summed E-state index contributed by atoms with van der Waals surface area (Å²) in [6.07, 6.45) is 2.12. The number of nitrogens with two attached hydrogens (primary N) is 1. The quantitative estimate of drug-likeness (QED) is 0.640. The number of imidazole rings is 1. The first-order chi connectivity index (χ1) is 13.6. The average Bonchev–Trinajstić information content (AvgIpc) is 3.15. The van der Waals surface area contributed by atoms with Gasteiger partial charge < -0.3 is 15.6 Å². The zero-order valence-electron chi connectivity index (χ0n) is 16.1. The lowest BCUT2D eigenvalue weighted by Gasteiger charge is -2.35. The molecular formula is C22H26N4OS. The van der Waals surface area contributed by atoms with E-state index < -0.39 is 0 Å². The van der Waals surface area contributed by atoms with E-state index in [-0.39, 0.29) is 11.9 Å². The number of nitrogens with one attached hydrogen (secondary N) is 1. The van der Waals surface area contributed by atoms with E-state index in [4.69, 9.17) is 5.73 Å². The minimum absolute atomic E-state index is 0.117. The molecule has 3 N–H and O–H groups in total. The smallest absolute Gasteiger partial charge is 0.254 e. The lowest BCUT2D eigenvalue weighted by molar-refractivity contribution is 0.0660. The van der Waals surface area contributed by atoms with Crippen molar-refractivity contribution in [3.05, 3.63) is 59.7 Å². The molecule has 1 aliphatic rings. The molecule has 0 spiro atoms. The Hall–Kier alpha value is -2.31. The standard InChI is InChI=1S/C22H26N4OS/c1-15(23)16-8-6-12-26(13-16)21(27)18-9-3-2-7-17(18)14-28-22-24-19-10-4-5-11-20(19)25-22/h2-5,7,9-11,15-16H,6,8,12-14,23H2,1H3,(H,24,25). The van der Waals surface area contributed by atoms with Gasteiger partial charge in [-0.2, -0.15) is 0 Å². The molecule has 1 aliphatic heterocycles. The summed E-state index contributed by atoms with van der Waals surface area (Å²) < 4.78 is 0. The molecule has 3 aromatic rings. The van der Waals surface area contributed by atoms with Crippen LogP contribution >= 0.6 is 11.8 Å². The number of fused-ring (bicyclic) bond motifs is 1. The highest BCUT2D eigenvalue weighted by Gasteiger charge is 2.27. The Morgan fingerprint density at radius 1 is 1.29 bits per heavy atom. The number of carbonyl (C=O) groups is 1. The van der Waals surface area contributed by atoms with Gasteiger partial charge in [0, 0.05) is 30.4 Å². The molecular weight excluding hydrogens is 368 g/mol. The summed E-state index contributed by atoms with van der Waals surface area (Å²) in [4.78, 5) is 23.1. The second-order valence-corrected chi connectivity index (χ2v) is 8.48. The highest BCUT2D eigenvalue weighted by Crippen LogP contribution is 2.26. The molecule has 2 heterocycles. The number of aromatic nitrogens is 2. The molecule has 2 unspecified atom stereocenters. The Labute approximate surface area is 169 Å². The van der Waals surface area contributed by atoms with Gasteiger partial charge in [0.2, 0.25) is 0 Å². The maximum Gasteiger partial charge on any atom is 0.254 e. The second kappa shape index (κ2) is 8.37.